The molecule has 2 N–H and O–H groups in total. The lowest BCUT2D eigenvalue weighted by Gasteiger charge is -2.24. The number of carbonyl (C=O) groups excluding carboxylic acids is 1. The summed E-state index contributed by atoms with van der Waals surface area (Å²) in [5.74, 6) is 0.831. The Morgan fingerprint density at radius 3 is 2.78 bits per heavy atom. The minimum Gasteiger partial charge on any atom is -0.487 e. The van der Waals surface area contributed by atoms with Gasteiger partial charge in [-0.3, -0.25) is 4.98 Å². The van der Waals surface area contributed by atoms with Gasteiger partial charge in [0.15, 0.2) is 0 Å². The Labute approximate surface area is 209 Å². The molecule has 186 valence electrons. The molecule has 3 heterocycles. The van der Waals surface area contributed by atoms with Crippen molar-refractivity contribution in [3.8, 4) is 23.1 Å². The van der Waals surface area contributed by atoms with Crippen LogP contribution in [0.4, 0.5) is 16.4 Å². The van der Waals surface area contributed by atoms with Crippen molar-refractivity contribution in [2.24, 2.45) is 0 Å². The molecule has 0 spiro atoms. The monoisotopic (exact) mass is 488 g/mol. The molecule has 2 aromatic heterocycles. The van der Waals surface area contributed by atoms with E-state index in [1.807, 2.05) is 26.8 Å². The zero-order valence-electron chi connectivity index (χ0n) is 20.4. The summed E-state index contributed by atoms with van der Waals surface area (Å²) in [4.78, 5) is 26.9. The molecular formula is C26H28N6O4. The summed E-state index contributed by atoms with van der Waals surface area (Å²) < 4.78 is 11.5. The van der Waals surface area contributed by atoms with Crippen molar-refractivity contribution in [3.63, 3.8) is 0 Å². The molecular weight excluding hydrogens is 460 g/mol. The van der Waals surface area contributed by atoms with Crippen LogP contribution >= 0.6 is 0 Å². The number of rotatable bonds is 6. The molecule has 0 aliphatic carbocycles. The molecule has 10 heteroatoms. The number of aliphatic hydroxyl groups is 1. The second kappa shape index (κ2) is 10.6. The third-order valence-electron chi connectivity index (χ3n) is 5.38. The highest BCUT2D eigenvalue weighted by atomic mass is 16.6. The van der Waals surface area contributed by atoms with E-state index in [1.54, 1.807) is 47.6 Å². The van der Waals surface area contributed by atoms with Gasteiger partial charge in [-0.1, -0.05) is 0 Å². The molecule has 1 fully saturated rings. The zero-order valence-corrected chi connectivity index (χ0v) is 20.4. The molecule has 1 saturated heterocycles. The van der Waals surface area contributed by atoms with E-state index in [9.17, 15) is 10.1 Å². The molecule has 36 heavy (non-hydrogen) atoms. The van der Waals surface area contributed by atoms with Crippen LogP contribution in [0.1, 0.15) is 38.4 Å². The normalized spacial score (nSPS) is 15.3. The number of likely N-dealkylation sites (tertiary alicyclic amines) is 1. The average Bonchev–Trinajstić information content (AvgIpc) is 3.33. The van der Waals surface area contributed by atoms with E-state index in [1.165, 1.54) is 0 Å². The first-order valence-corrected chi connectivity index (χ1v) is 11.6. The van der Waals surface area contributed by atoms with Crippen molar-refractivity contribution in [1.82, 2.24) is 19.9 Å². The van der Waals surface area contributed by atoms with Crippen LogP contribution in [0, 0.1) is 11.3 Å². The molecule has 1 aliphatic rings. The van der Waals surface area contributed by atoms with Crippen LogP contribution in [0.5, 0.6) is 5.75 Å². The van der Waals surface area contributed by atoms with Crippen LogP contribution in [0.25, 0.3) is 11.3 Å². The van der Waals surface area contributed by atoms with E-state index < -0.39 is 5.60 Å². The van der Waals surface area contributed by atoms with Crippen molar-refractivity contribution in [3.05, 3.63) is 60.0 Å². The van der Waals surface area contributed by atoms with Gasteiger partial charge in [0.25, 0.3) is 0 Å². The minimum absolute atomic E-state index is 0.129. The molecule has 3 aromatic rings. The number of hydrogen-bond donors (Lipinski definition) is 2. The predicted octanol–water partition coefficient (Wildman–Crippen LogP) is 4.03. The van der Waals surface area contributed by atoms with Gasteiger partial charge in [-0.25, -0.2) is 14.8 Å². The standard InChI is InChI=1S/C26H28N6O4/c1-26(2,3)36-25(34)32-11-9-21(15-32)35-23-7-4-17(12-18(23)13-27)22-8-10-28-24(31-22)30-19-5-6-20(16-33)29-14-19/h4-8,10,12,14,21,33H,9,11,15-16H2,1-3H3,(H,28,30,31). The summed E-state index contributed by atoms with van der Waals surface area (Å²) in [5, 5.41) is 22.0. The van der Waals surface area contributed by atoms with Crippen molar-refractivity contribution < 1.29 is 19.4 Å². The smallest absolute Gasteiger partial charge is 0.410 e. The number of carbonyl (C=O) groups is 1. The molecule has 1 amide bonds. The third-order valence-corrected chi connectivity index (χ3v) is 5.38. The van der Waals surface area contributed by atoms with E-state index in [0.29, 0.717) is 53.8 Å². The lowest BCUT2D eigenvalue weighted by Crippen LogP contribution is -2.36. The van der Waals surface area contributed by atoms with Gasteiger partial charge in [0.1, 0.15) is 23.5 Å². The molecule has 1 aromatic carbocycles. The summed E-state index contributed by atoms with van der Waals surface area (Å²) in [6.45, 7) is 6.30. The van der Waals surface area contributed by atoms with Crippen LogP contribution < -0.4 is 10.1 Å². The Balaban J connectivity index is 1.44. The van der Waals surface area contributed by atoms with Gasteiger partial charge in [0.05, 0.1) is 42.0 Å². The van der Waals surface area contributed by atoms with Crippen molar-refractivity contribution in [2.75, 3.05) is 18.4 Å². The van der Waals surface area contributed by atoms with Crippen LogP contribution in [0.3, 0.4) is 0 Å². The SMILES string of the molecule is CC(C)(C)OC(=O)N1CCC(Oc2ccc(-c3ccnc(Nc4ccc(CO)nc4)n3)cc2C#N)C1. The maximum Gasteiger partial charge on any atom is 0.410 e. The van der Waals surface area contributed by atoms with E-state index in [-0.39, 0.29) is 18.8 Å². The molecule has 1 unspecified atom stereocenters. The van der Waals surface area contributed by atoms with Gasteiger partial charge in [-0.05, 0) is 57.2 Å². The highest BCUT2D eigenvalue weighted by Crippen LogP contribution is 2.28. The molecule has 10 nitrogen and oxygen atoms in total. The lowest BCUT2D eigenvalue weighted by atomic mass is 10.1. The first kappa shape index (κ1) is 24.9. The number of nitrogens with zero attached hydrogens (tertiary/aromatic N) is 5. The second-order valence-electron chi connectivity index (χ2n) is 9.36. The highest BCUT2D eigenvalue weighted by Gasteiger charge is 2.31. The maximum absolute atomic E-state index is 12.3. The van der Waals surface area contributed by atoms with Crippen LogP contribution in [-0.2, 0) is 11.3 Å². The maximum atomic E-state index is 12.3. The van der Waals surface area contributed by atoms with Crippen LogP contribution in [-0.4, -0.2) is 55.8 Å². The summed E-state index contributed by atoms with van der Waals surface area (Å²) in [6.07, 6.45) is 3.28. The fourth-order valence-corrected chi connectivity index (χ4v) is 3.68. The topological polar surface area (TPSA) is 133 Å². The molecule has 4 rings (SSSR count). The lowest BCUT2D eigenvalue weighted by molar-refractivity contribution is 0.0275. The van der Waals surface area contributed by atoms with Crippen LogP contribution in [0.15, 0.2) is 48.8 Å². The quantitative estimate of drug-likeness (QED) is 0.527. The van der Waals surface area contributed by atoms with Crippen LogP contribution in [0.2, 0.25) is 0 Å². The Morgan fingerprint density at radius 2 is 2.08 bits per heavy atom. The summed E-state index contributed by atoms with van der Waals surface area (Å²) in [6, 6.07) is 12.7. The van der Waals surface area contributed by atoms with Crippen molar-refractivity contribution >= 4 is 17.7 Å². The van der Waals surface area contributed by atoms with Gasteiger partial charge in [0.2, 0.25) is 5.95 Å². The fraction of sp³-hybridized carbons (Fsp3) is 0.346. The summed E-state index contributed by atoms with van der Waals surface area (Å²) >= 11 is 0. The van der Waals surface area contributed by atoms with Gasteiger partial charge in [0, 0.05) is 24.7 Å². The molecule has 0 saturated carbocycles. The number of pyridine rings is 1. The number of ether oxygens (including phenoxy) is 2. The number of anilines is 2. The Kier molecular flexibility index (Phi) is 7.31. The average molecular weight is 489 g/mol. The van der Waals surface area contributed by atoms with Crippen molar-refractivity contribution in [2.45, 2.75) is 45.5 Å². The van der Waals surface area contributed by atoms with Gasteiger partial charge < -0.3 is 24.8 Å². The number of amides is 1. The molecule has 0 bridgehead atoms. The number of nitrogens with one attached hydrogen (secondary N) is 1. The number of hydrogen-bond acceptors (Lipinski definition) is 9. The number of nitriles is 1. The largest absolute Gasteiger partial charge is 0.487 e. The van der Waals surface area contributed by atoms with Gasteiger partial charge in [-0.2, -0.15) is 5.26 Å². The van der Waals surface area contributed by atoms with E-state index >= 15 is 0 Å². The summed E-state index contributed by atoms with van der Waals surface area (Å²) in [5.41, 5.74) is 2.43. The number of benzene rings is 1. The zero-order chi connectivity index (χ0) is 25.7. The molecule has 1 atom stereocenters. The van der Waals surface area contributed by atoms with E-state index in [2.05, 4.69) is 26.3 Å². The second-order valence-corrected chi connectivity index (χ2v) is 9.36. The van der Waals surface area contributed by atoms with Gasteiger partial charge in [-0.15, -0.1) is 0 Å². The number of aliphatic hydroxyl groups excluding tert-OH is 1. The first-order valence-electron chi connectivity index (χ1n) is 11.6. The molecule has 0 radical (unpaired) electrons. The van der Waals surface area contributed by atoms with E-state index in [4.69, 9.17) is 14.6 Å². The Hall–Kier alpha value is -4.23. The predicted molar refractivity (Wildman–Crippen MR) is 132 cm³/mol. The fourth-order valence-electron chi connectivity index (χ4n) is 3.68. The van der Waals surface area contributed by atoms with E-state index in [0.717, 1.165) is 5.56 Å². The van der Waals surface area contributed by atoms with Gasteiger partial charge >= 0.3 is 6.09 Å². The first-order chi connectivity index (χ1) is 17.2. The van der Waals surface area contributed by atoms with Crippen molar-refractivity contribution in [1.29, 1.82) is 5.26 Å². The highest BCUT2D eigenvalue weighted by molar-refractivity contribution is 5.68. The summed E-state index contributed by atoms with van der Waals surface area (Å²) in [7, 11) is 0. The third kappa shape index (κ3) is 6.25. The number of aromatic nitrogens is 3. The molecule has 1 aliphatic heterocycles. The Bertz CT molecular complexity index is 1270. The Morgan fingerprint density at radius 1 is 1.25 bits per heavy atom. The minimum atomic E-state index is -0.558.